The topological polar surface area (TPSA) is 56.1 Å². The molecule has 0 fully saturated rings. The van der Waals surface area contributed by atoms with Gasteiger partial charge in [0, 0.05) is 18.0 Å². The van der Waals surface area contributed by atoms with Gasteiger partial charge in [-0.1, -0.05) is 30.7 Å². The zero-order chi connectivity index (χ0) is 18.8. The zero-order valence-electron chi connectivity index (χ0n) is 15.8. The van der Waals surface area contributed by atoms with Crippen LogP contribution in [0.25, 0.3) is 0 Å². The number of fused-ring (bicyclic) bond motifs is 2. The first-order valence-electron chi connectivity index (χ1n) is 9.83. The Kier molecular flexibility index (Phi) is 5.29. The van der Waals surface area contributed by atoms with Crippen LogP contribution < -0.4 is 5.32 Å². The molecule has 2 aliphatic rings. The van der Waals surface area contributed by atoms with E-state index in [1.165, 1.54) is 34.4 Å². The van der Waals surface area contributed by atoms with Crippen LogP contribution in [0.2, 0.25) is 0 Å². The molecule has 2 aromatic rings. The molecule has 0 unspecified atom stereocenters. The molecule has 1 aliphatic carbocycles. The number of thiophene rings is 1. The van der Waals surface area contributed by atoms with Gasteiger partial charge in [0.15, 0.2) is 0 Å². The molecule has 0 spiro atoms. The molecular weight excluding hydrogens is 354 g/mol. The van der Waals surface area contributed by atoms with Gasteiger partial charge in [0.05, 0.1) is 11.6 Å². The zero-order valence-corrected chi connectivity index (χ0v) is 16.6. The van der Waals surface area contributed by atoms with E-state index in [4.69, 9.17) is 0 Å². The first-order chi connectivity index (χ1) is 13.2. The number of nitriles is 1. The number of rotatable bonds is 3. The number of hydrogen-bond acceptors (Lipinski definition) is 4. The van der Waals surface area contributed by atoms with Crippen molar-refractivity contribution >= 4 is 22.2 Å². The molecule has 27 heavy (non-hydrogen) atoms. The number of nitrogens with zero attached hydrogens (tertiary/aromatic N) is 2. The monoisotopic (exact) mass is 379 g/mol. The largest absolute Gasteiger partial charge is 0.315 e. The van der Waals surface area contributed by atoms with Crippen molar-refractivity contribution in [3.63, 3.8) is 0 Å². The van der Waals surface area contributed by atoms with Crippen molar-refractivity contribution in [2.75, 3.05) is 11.9 Å². The predicted octanol–water partition coefficient (Wildman–Crippen LogP) is 4.27. The Morgan fingerprint density at radius 3 is 2.78 bits per heavy atom. The van der Waals surface area contributed by atoms with Gasteiger partial charge in [-0.05, 0) is 55.7 Å². The molecular formula is C22H25N3OS. The molecule has 1 amide bonds. The fourth-order valence-electron chi connectivity index (χ4n) is 4.18. The molecule has 1 aromatic carbocycles. The third-order valence-corrected chi connectivity index (χ3v) is 7.06. The van der Waals surface area contributed by atoms with Crippen LogP contribution >= 0.6 is 11.3 Å². The van der Waals surface area contributed by atoms with E-state index in [9.17, 15) is 10.1 Å². The normalized spacial score (nSPS) is 17.9. The second-order valence-corrected chi connectivity index (χ2v) is 8.64. The highest BCUT2D eigenvalue weighted by Gasteiger charge is 2.27. The summed E-state index contributed by atoms with van der Waals surface area (Å²) in [6, 6.07) is 10.6. The van der Waals surface area contributed by atoms with Crippen LogP contribution in [0.4, 0.5) is 5.00 Å². The maximum absolute atomic E-state index is 12.9. The van der Waals surface area contributed by atoms with Crippen LogP contribution in [0.1, 0.15) is 53.3 Å². The van der Waals surface area contributed by atoms with Crippen molar-refractivity contribution < 1.29 is 4.79 Å². The van der Waals surface area contributed by atoms with Gasteiger partial charge in [-0.3, -0.25) is 9.69 Å². The molecule has 1 N–H and O–H groups in total. The van der Waals surface area contributed by atoms with Gasteiger partial charge in [-0.25, -0.2) is 0 Å². The Balaban J connectivity index is 1.49. The molecule has 1 aliphatic heterocycles. The molecule has 5 heteroatoms. The smallest absolute Gasteiger partial charge is 0.242 e. The minimum absolute atomic E-state index is 0.0118. The minimum Gasteiger partial charge on any atom is -0.315 e. The van der Waals surface area contributed by atoms with Crippen LogP contribution in [-0.2, 0) is 30.6 Å². The standard InChI is InChI=1S/C22H25N3OS/c1-15(25-12-11-16-7-5-6-8-17(16)14-25)21(26)24-22-19(13-23)18-9-3-2-4-10-20(18)27-22/h5-8,15H,2-4,9-12,14H2,1H3,(H,24,26)/t15-/m0/s1. The van der Waals surface area contributed by atoms with Gasteiger partial charge in [-0.2, -0.15) is 5.26 Å². The molecule has 0 bridgehead atoms. The summed E-state index contributed by atoms with van der Waals surface area (Å²) in [5.41, 5.74) is 4.57. The van der Waals surface area contributed by atoms with Crippen LogP contribution in [0.3, 0.4) is 0 Å². The minimum atomic E-state index is -0.216. The molecule has 0 radical (unpaired) electrons. The van der Waals surface area contributed by atoms with E-state index in [0.717, 1.165) is 43.8 Å². The number of benzene rings is 1. The highest BCUT2D eigenvalue weighted by molar-refractivity contribution is 7.16. The summed E-state index contributed by atoms with van der Waals surface area (Å²) in [7, 11) is 0. The second-order valence-electron chi connectivity index (χ2n) is 7.53. The Labute approximate surface area is 164 Å². The van der Waals surface area contributed by atoms with E-state index >= 15 is 0 Å². The van der Waals surface area contributed by atoms with Crippen LogP contribution in [0, 0.1) is 11.3 Å². The lowest BCUT2D eigenvalue weighted by molar-refractivity contribution is -0.121. The molecule has 1 atom stereocenters. The molecule has 4 nitrogen and oxygen atoms in total. The number of anilines is 1. The lowest BCUT2D eigenvalue weighted by atomic mass is 9.99. The average molecular weight is 380 g/mol. The van der Waals surface area contributed by atoms with Crippen molar-refractivity contribution in [3.8, 4) is 6.07 Å². The Morgan fingerprint density at radius 1 is 1.19 bits per heavy atom. The van der Waals surface area contributed by atoms with Gasteiger partial charge in [0.1, 0.15) is 11.1 Å². The number of hydrogen-bond donors (Lipinski definition) is 1. The Hall–Kier alpha value is -2.16. The van der Waals surface area contributed by atoms with Gasteiger partial charge >= 0.3 is 0 Å². The summed E-state index contributed by atoms with van der Waals surface area (Å²) >= 11 is 1.61. The van der Waals surface area contributed by atoms with Crippen molar-refractivity contribution in [3.05, 3.63) is 51.4 Å². The fourth-order valence-corrected chi connectivity index (χ4v) is 5.42. The van der Waals surface area contributed by atoms with Crippen molar-refractivity contribution in [1.29, 1.82) is 5.26 Å². The number of carbonyl (C=O) groups excluding carboxylic acids is 1. The van der Waals surface area contributed by atoms with Gasteiger partial charge in [0.2, 0.25) is 5.91 Å². The maximum atomic E-state index is 12.9. The summed E-state index contributed by atoms with van der Waals surface area (Å²) in [6.45, 7) is 3.66. The number of carbonyl (C=O) groups is 1. The second kappa shape index (κ2) is 7.84. The van der Waals surface area contributed by atoms with Gasteiger partial charge < -0.3 is 5.32 Å². The van der Waals surface area contributed by atoms with Crippen LogP contribution in [0.5, 0.6) is 0 Å². The number of nitrogens with one attached hydrogen (secondary N) is 1. The van der Waals surface area contributed by atoms with Gasteiger partial charge in [-0.15, -0.1) is 11.3 Å². The van der Waals surface area contributed by atoms with Crippen LogP contribution in [-0.4, -0.2) is 23.4 Å². The summed E-state index contributed by atoms with van der Waals surface area (Å²) < 4.78 is 0. The SMILES string of the molecule is C[C@@H](C(=O)Nc1sc2c(c1C#N)CCCCC2)N1CCc2ccccc2C1. The molecule has 2 heterocycles. The average Bonchev–Trinajstić information content (AvgIpc) is 2.86. The van der Waals surface area contributed by atoms with E-state index < -0.39 is 0 Å². The highest BCUT2D eigenvalue weighted by atomic mass is 32.1. The molecule has 0 saturated heterocycles. The highest BCUT2D eigenvalue weighted by Crippen LogP contribution is 2.37. The number of amides is 1. The van der Waals surface area contributed by atoms with E-state index in [-0.39, 0.29) is 11.9 Å². The summed E-state index contributed by atoms with van der Waals surface area (Å²) in [5, 5.41) is 13.5. The predicted molar refractivity (Wildman–Crippen MR) is 109 cm³/mol. The van der Waals surface area contributed by atoms with Crippen molar-refractivity contribution in [2.24, 2.45) is 0 Å². The summed E-state index contributed by atoms with van der Waals surface area (Å²) in [4.78, 5) is 16.4. The first-order valence-corrected chi connectivity index (χ1v) is 10.7. The lowest BCUT2D eigenvalue weighted by Crippen LogP contribution is -2.44. The molecule has 4 rings (SSSR count). The van der Waals surface area contributed by atoms with Crippen molar-refractivity contribution in [2.45, 2.75) is 58.0 Å². The summed E-state index contributed by atoms with van der Waals surface area (Å²) in [5.74, 6) is -0.0118. The van der Waals surface area contributed by atoms with E-state index in [1.54, 1.807) is 11.3 Å². The third kappa shape index (κ3) is 3.65. The molecule has 0 saturated carbocycles. The summed E-state index contributed by atoms with van der Waals surface area (Å²) in [6.07, 6.45) is 6.50. The quantitative estimate of drug-likeness (QED) is 0.810. The molecule has 1 aromatic heterocycles. The Bertz CT molecular complexity index is 895. The van der Waals surface area contributed by atoms with Crippen LogP contribution in [0.15, 0.2) is 24.3 Å². The first kappa shape index (κ1) is 18.2. The number of aryl methyl sites for hydroxylation is 1. The van der Waals surface area contributed by atoms with E-state index in [2.05, 4.69) is 40.6 Å². The molecule has 140 valence electrons. The third-order valence-electron chi connectivity index (χ3n) is 5.86. The van der Waals surface area contributed by atoms with E-state index in [0.29, 0.717) is 5.56 Å². The lowest BCUT2D eigenvalue weighted by Gasteiger charge is -2.32. The fraction of sp³-hybridized carbons (Fsp3) is 0.455. The Morgan fingerprint density at radius 2 is 1.96 bits per heavy atom. The van der Waals surface area contributed by atoms with Crippen molar-refractivity contribution in [1.82, 2.24) is 4.90 Å². The van der Waals surface area contributed by atoms with E-state index in [1.807, 2.05) is 6.92 Å². The maximum Gasteiger partial charge on any atom is 0.242 e. The van der Waals surface area contributed by atoms with Gasteiger partial charge in [0.25, 0.3) is 0 Å².